The van der Waals surface area contributed by atoms with Gasteiger partial charge in [0.05, 0.1) is 5.56 Å². The quantitative estimate of drug-likeness (QED) is 0.812. The van der Waals surface area contributed by atoms with Crippen LogP contribution in [-0.2, 0) is 0 Å². The molecule has 100 valence electrons. The lowest BCUT2D eigenvalue weighted by Crippen LogP contribution is -2.08. The zero-order valence-electron chi connectivity index (χ0n) is 9.62. The molecule has 7 heteroatoms. The second-order valence-corrected chi connectivity index (χ2v) is 5.00. The number of fused-ring (bicyclic) bond motifs is 1. The predicted octanol–water partition coefficient (Wildman–Crippen LogP) is 3.16. The number of hydrogen-bond acceptors (Lipinski definition) is 4. The Balaban J connectivity index is 2.21. The number of ketones is 2. The molecule has 0 unspecified atom stereocenters. The van der Waals surface area contributed by atoms with Gasteiger partial charge in [-0.1, -0.05) is 0 Å². The lowest BCUT2D eigenvalue weighted by Gasteiger charge is -2.01. The molecule has 0 fully saturated rings. The fourth-order valence-electron chi connectivity index (χ4n) is 1.81. The number of rotatable bonds is 1. The highest BCUT2D eigenvalue weighted by Gasteiger charge is 2.27. The van der Waals surface area contributed by atoms with Gasteiger partial charge >= 0.3 is 0 Å². The molecular weight excluding hydrogens is 291 g/mol. The van der Waals surface area contributed by atoms with E-state index in [1.165, 1.54) is 0 Å². The van der Waals surface area contributed by atoms with Crippen molar-refractivity contribution in [1.82, 2.24) is 4.98 Å². The van der Waals surface area contributed by atoms with Gasteiger partial charge < -0.3 is 0 Å². The van der Waals surface area contributed by atoms with Crippen LogP contribution < -0.4 is 0 Å². The van der Waals surface area contributed by atoms with Crippen LogP contribution in [-0.4, -0.2) is 16.6 Å². The summed E-state index contributed by atoms with van der Waals surface area (Å²) in [6.07, 6.45) is 2.12. The van der Waals surface area contributed by atoms with Crippen molar-refractivity contribution in [2.75, 3.05) is 0 Å². The molecule has 1 aromatic heterocycles. The number of allylic oxidation sites excluding steroid dienone is 2. The van der Waals surface area contributed by atoms with Gasteiger partial charge in [-0.15, -0.1) is 11.3 Å². The average molecular weight is 295 g/mol. The first-order chi connectivity index (χ1) is 9.47. The maximum Gasteiger partial charge on any atom is 0.205 e. The Morgan fingerprint density at radius 2 is 1.55 bits per heavy atom. The van der Waals surface area contributed by atoms with E-state index in [4.69, 9.17) is 0 Å². The van der Waals surface area contributed by atoms with Crippen molar-refractivity contribution < 1.29 is 22.8 Å². The van der Waals surface area contributed by atoms with Gasteiger partial charge in [0.15, 0.2) is 5.78 Å². The Morgan fingerprint density at radius 1 is 0.950 bits per heavy atom. The zero-order valence-corrected chi connectivity index (χ0v) is 10.4. The molecule has 20 heavy (non-hydrogen) atoms. The fraction of sp³-hybridized carbons (Fsp3) is 0. The number of carbonyl (C=O) groups is 2. The number of benzene rings is 1. The molecule has 3 nitrogen and oxygen atoms in total. The van der Waals surface area contributed by atoms with Gasteiger partial charge in [0.25, 0.3) is 0 Å². The molecule has 1 aromatic carbocycles. The second kappa shape index (κ2) is 4.38. The minimum Gasteiger partial charge on any atom is -0.288 e. The van der Waals surface area contributed by atoms with Gasteiger partial charge in [-0.05, 0) is 12.2 Å². The molecule has 0 spiro atoms. The molecule has 0 saturated heterocycles. The first-order valence-corrected chi connectivity index (χ1v) is 6.21. The van der Waals surface area contributed by atoms with Gasteiger partial charge in [-0.3, -0.25) is 9.59 Å². The van der Waals surface area contributed by atoms with Crippen LogP contribution in [0.4, 0.5) is 13.2 Å². The third-order valence-electron chi connectivity index (χ3n) is 2.69. The number of nitrogens with zero attached hydrogens (tertiary/aromatic N) is 1. The third kappa shape index (κ3) is 1.87. The van der Waals surface area contributed by atoms with E-state index < -0.39 is 34.6 Å². The van der Waals surface area contributed by atoms with Crippen molar-refractivity contribution >= 4 is 22.9 Å². The predicted molar refractivity (Wildman–Crippen MR) is 65.2 cm³/mol. The number of aromatic nitrogens is 1. The average Bonchev–Trinajstić information content (AvgIpc) is 2.78. The minimum absolute atomic E-state index is 0.0237. The van der Waals surface area contributed by atoms with Crippen molar-refractivity contribution in [1.29, 1.82) is 0 Å². The Kier molecular flexibility index (Phi) is 2.79. The minimum atomic E-state index is -1.14. The molecule has 0 saturated carbocycles. The summed E-state index contributed by atoms with van der Waals surface area (Å²) in [6.45, 7) is 0. The highest BCUT2D eigenvalue weighted by atomic mass is 32.1. The van der Waals surface area contributed by atoms with E-state index in [-0.39, 0.29) is 15.6 Å². The summed E-state index contributed by atoms with van der Waals surface area (Å²) in [6, 6.07) is 1.03. The Hall–Kier alpha value is -2.28. The molecular formula is C13H4F3NO2S. The summed E-state index contributed by atoms with van der Waals surface area (Å²) in [7, 11) is 0. The third-order valence-corrected chi connectivity index (χ3v) is 3.78. The largest absolute Gasteiger partial charge is 0.288 e. The topological polar surface area (TPSA) is 47.0 Å². The lowest BCUT2D eigenvalue weighted by molar-refractivity contribution is 0.0994. The molecule has 0 amide bonds. The van der Waals surface area contributed by atoms with Crippen LogP contribution >= 0.6 is 11.3 Å². The van der Waals surface area contributed by atoms with Crippen LogP contribution in [0.25, 0.3) is 10.6 Å². The van der Waals surface area contributed by atoms with Crippen molar-refractivity contribution in [3.63, 3.8) is 0 Å². The van der Waals surface area contributed by atoms with E-state index in [0.717, 1.165) is 12.2 Å². The van der Waals surface area contributed by atoms with Gasteiger partial charge in [-0.2, -0.15) is 0 Å². The number of halogens is 3. The van der Waals surface area contributed by atoms with Crippen LogP contribution in [0, 0.1) is 17.5 Å². The normalized spacial score (nSPS) is 13.8. The summed E-state index contributed by atoms with van der Waals surface area (Å²) in [5.74, 6) is -4.29. The van der Waals surface area contributed by atoms with Gasteiger partial charge in [0.1, 0.15) is 33.0 Å². The highest BCUT2D eigenvalue weighted by Crippen LogP contribution is 2.34. The van der Waals surface area contributed by atoms with Crippen LogP contribution in [0.2, 0.25) is 0 Å². The maximum absolute atomic E-state index is 13.7. The van der Waals surface area contributed by atoms with Crippen LogP contribution in [0.15, 0.2) is 24.3 Å². The first kappa shape index (κ1) is 12.7. The van der Waals surface area contributed by atoms with Crippen molar-refractivity contribution in [3.05, 3.63) is 52.3 Å². The number of hydrogen-bond donors (Lipinski definition) is 0. The van der Waals surface area contributed by atoms with E-state index in [1.54, 1.807) is 0 Å². The molecule has 0 atom stereocenters. The van der Waals surface area contributed by atoms with E-state index >= 15 is 0 Å². The van der Waals surface area contributed by atoms with Crippen LogP contribution in [0.3, 0.4) is 0 Å². The highest BCUT2D eigenvalue weighted by molar-refractivity contribution is 7.17. The molecule has 0 radical (unpaired) electrons. The monoisotopic (exact) mass is 295 g/mol. The standard InChI is InChI=1S/C13H4F3NO2S/c14-5-3-6(15)10(7(16)4-5)13-17-11-8(18)1-2-9(19)12(11)20-13/h1-4H. The summed E-state index contributed by atoms with van der Waals surface area (Å²) in [5, 5.41) is -0.171. The van der Waals surface area contributed by atoms with Crippen molar-refractivity contribution in [3.8, 4) is 10.6 Å². The van der Waals surface area contributed by atoms with Gasteiger partial charge in [0, 0.05) is 12.1 Å². The Bertz CT molecular complexity index is 736. The molecule has 0 N–H and O–H groups in total. The summed E-state index contributed by atoms with van der Waals surface area (Å²) >= 11 is 0.699. The van der Waals surface area contributed by atoms with E-state index in [0.29, 0.717) is 23.5 Å². The van der Waals surface area contributed by atoms with Crippen LogP contribution in [0.5, 0.6) is 0 Å². The van der Waals surface area contributed by atoms with E-state index in [1.807, 2.05) is 0 Å². The SMILES string of the molecule is O=C1C=CC(=O)c2sc(-c3c(F)cc(F)cc3F)nc21. The zero-order chi connectivity index (χ0) is 14.4. The molecule has 1 aliphatic rings. The molecule has 1 heterocycles. The van der Waals surface area contributed by atoms with E-state index in [9.17, 15) is 22.8 Å². The number of thiazole rings is 1. The molecule has 3 rings (SSSR count). The second-order valence-electron chi connectivity index (χ2n) is 4.00. The Morgan fingerprint density at radius 3 is 2.15 bits per heavy atom. The number of carbonyl (C=O) groups excluding carboxylic acids is 2. The lowest BCUT2D eigenvalue weighted by atomic mass is 10.1. The molecule has 0 aliphatic heterocycles. The van der Waals surface area contributed by atoms with Crippen LogP contribution in [0.1, 0.15) is 20.2 Å². The van der Waals surface area contributed by atoms with Crippen molar-refractivity contribution in [2.24, 2.45) is 0 Å². The van der Waals surface area contributed by atoms with Gasteiger partial charge in [0.2, 0.25) is 5.78 Å². The molecule has 1 aliphatic carbocycles. The molecule has 0 bridgehead atoms. The smallest absolute Gasteiger partial charge is 0.205 e. The van der Waals surface area contributed by atoms with Gasteiger partial charge in [-0.25, -0.2) is 18.2 Å². The summed E-state index contributed by atoms with van der Waals surface area (Å²) in [4.78, 5) is 27.0. The maximum atomic E-state index is 13.7. The molecule has 2 aromatic rings. The summed E-state index contributed by atoms with van der Waals surface area (Å²) < 4.78 is 40.2. The Labute approximate surface area is 114 Å². The first-order valence-electron chi connectivity index (χ1n) is 5.40. The van der Waals surface area contributed by atoms with Crippen molar-refractivity contribution in [2.45, 2.75) is 0 Å². The summed E-state index contributed by atoms with van der Waals surface area (Å²) in [5.41, 5.74) is -0.688. The fourth-order valence-corrected chi connectivity index (χ4v) is 2.85. The van der Waals surface area contributed by atoms with E-state index in [2.05, 4.69) is 4.98 Å².